The van der Waals surface area contributed by atoms with Crippen LogP contribution >= 0.6 is 0 Å². The van der Waals surface area contributed by atoms with Crippen LogP contribution in [0.25, 0.3) is 0 Å². The van der Waals surface area contributed by atoms with Gasteiger partial charge in [0.2, 0.25) is 10.0 Å². The number of rotatable bonds is 4. The number of aromatic nitrogens is 2. The molecule has 102 valence electrons. The normalized spacial score (nSPS) is 21.6. The molecule has 18 heavy (non-hydrogen) atoms. The van der Waals surface area contributed by atoms with Gasteiger partial charge in [0.1, 0.15) is 4.90 Å². The standard InChI is InChI=1S/C11H20N4O2S/c1-8-11(9(2)14-13-8)18(16,17)12-6-10-4-5-15(3)7-10/h10,12H,4-7H2,1-3H3,(H,13,14). The predicted octanol–water partition coefficient (Wildman–Crippen LogP) is 0.257. The number of sulfonamides is 1. The molecule has 1 unspecified atom stereocenters. The fraction of sp³-hybridized carbons (Fsp3) is 0.727. The SMILES string of the molecule is Cc1n[nH]c(C)c1S(=O)(=O)NCC1CCN(C)C1. The summed E-state index contributed by atoms with van der Waals surface area (Å²) in [6.45, 7) is 5.90. The van der Waals surface area contributed by atoms with Gasteiger partial charge < -0.3 is 4.90 Å². The number of nitrogens with zero attached hydrogens (tertiary/aromatic N) is 2. The number of aryl methyl sites for hydroxylation is 2. The van der Waals surface area contributed by atoms with Crippen molar-refractivity contribution >= 4 is 10.0 Å². The Hall–Kier alpha value is -0.920. The van der Waals surface area contributed by atoms with Gasteiger partial charge in [-0.25, -0.2) is 13.1 Å². The number of nitrogens with one attached hydrogen (secondary N) is 2. The summed E-state index contributed by atoms with van der Waals surface area (Å²) in [4.78, 5) is 2.50. The first-order chi connectivity index (χ1) is 8.40. The Morgan fingerprint density at radius 3 is 2.72 bits per heavy atom. The smallest absolute Gasteiger partial charge is 0.244 e. The molecule has 1 aliphatic heterocycles. The maximum atomic E-state index is 12.2. The molecule has 1 atom stereocenters. The van der Waals surface area contributed by atoms with E-state index in [1.54, 1.807) is 13.8 Å². The lowest BCUT2D eigenvalue weighted by Gasteiger charge is -2.12. The lowest BCUT2D eigenvalue weighted by molar-refractivity contribution is 0.394. The second-order valence-corrected chi connectivity index (χ2v) is 6.74. The van der Waals surface area contributed by atoms with Crippen LogP contribution in [0, 0.1) is 19.8 Å². The summed E-state index contributed by atoms with van der Waals surface area (Å²) in [5.74, 6) is 0.400. The highest BCUT2D eigenvalue weighted by molar-refractivity contribution is 7.89. The zero-order valence-electron chi connectivity index (χ0n) is 11.0. The van der Waals surface area contributed by atoms with E-state index in [9.17, 15) is 8.42 Å². The summed E-state index contributed by atoms with van der Waals surface area (Å²) in [5.41, 5.74) is 1.10. The van der Waals surface area contributed by atoms with Crippen LogP contribution in [-0.2, 0) is 10.0 Å². The van der Waals surface area contributed by atoms with Crippen molar-refractivity contribution in [2.75, 3.05) is 26.7 Å². The van der Waals surface area contributed by atoms with Crippen LogP contribution in [0.5, 0.6) is 0 Å². The monoisotopic (exact) mass is 272 g/mol. The highest BCUT2D eigenvalue weighted by atomic mass is 32.2. The summed E-state index contributed by atoms with van der Waals surface area (Å²) < 4.78 is 27.1. The molecule has 0 saturated carbocycles. The zero-order chi connectivity index (χ0) is 13.3. The van der Waals surface area contributed by atoms with E-state index in [2.05, 4.69) is 26.9 Å². The second kappa shape index (κ2) is 4.99. The molecule has 0 radical (unpaired) electrons. The molecule has 0 bridgehead atoms. The Kier molecular flexibility index (Phi) is 3.74. The van der Waals surface area contributed by atoms with Gasteiger partial charge in [-0.2, -0.15) is 5.10 Å². The van der Waals surface area contributed by atoms with Crippen molar-refractivity contribution in [2.45, 2.75) is 25.2 Å². The summed E-state index contributed by atoms with van der Waals surface area (Å²) in [6, 6.07) is 0. The van der Waals surface area contributed by atoms with Crippen molar-refractivity contribution in [2.24, 2.45) is 5.92 Å². The molecular formula is C11H20N4O2S. The molecule has 0 aromatic carbocycles. The molecule has 1 aliphatic rings. The molecule has 6 nitrogen and oxygen atoms in total. The first-order valence-corrected chi connectivity index (χ1v) is 7.58. The van der Waals surface area contributed by atoms with Crippen LogP contribution in [0.1, 0.15) is 17.8 Å². The zero-order valence-corrected chi connectivity index (χ0v) is 11.8. The van der Waals surface area contributed by atoms with Gasteiger partial charge in [-0.1, -0.05) is 0 Å². The topological polar surface area (TPSA) is 78.1 Å². The van der Waals surface area contributed by atoms with Gasteiger partial charge in [0.15, 0.2) is 0 Å². The minimum atomic E-state index is -3.45. The van der Waals surface area contributed by atoms with Gasteiger partial charge in [0.25, 0.3) is 0 Å². The van der Waals surface area contributed by atoms with Crippen LogP contribution < -0.4 is 4.72 Å². The maximum Gasteiger partial charge on any atom is 0.244 e. The highest BCUT2D eigenvalue weighted by Crippen LogP contribution is 2.18. The fourth-order valence-electron chi connectivity index (χ4n) is 2.43. The molecule has 1 saturated heterocycles. The lowest BCUT2D eigenvalue weighted by atomic mass is 10.1. The molecular weight excluding hydrogens is 252 g/mol. The molecule has 2 N–H and O–H groups in total. The Balaban J connectivity index is 2.04. The number of aromatic amines is 1. The van der Waals surface area contributed by atoms with E-state index in [0.29, 0.717) is 23.9 Å². The summed E-state index contributed by atoms with van der Waals surface area (Å²) in [6.07, 6.45) is 1.04. The van der Waals surface area contributed by atoms with Crippen molar-refractivity contribution in [1.82, 2.24) is 19.8 Å². The van der Waals surface area contributed by atoms with Crippen molar-refractivity contribution in [1.29, 1.82) is 0 Å². The van der Waals surface area contributed by atoms with E-state index in [1.165, 1.54) is 0 Å². The molecule has 1 aromatic rings. The first-order valence-electron chi connectivity index (χ1n) is 6.10. The quantitative estimate of drug-likeness (QED) is 0.824. The Morgan fingerprint density at radius 1 is 1.50 bits per heavy atom. The number of hydrogen-bond donors (Lipinski definition) is 2. The molecule has 7 heteroatoms. The molecule has 0 aliphatic carbocycles. The molecule has 1 aromatic heterocycles. The van der Waals surface area contributed by atoms with E-state index >= 15 is 0 Å². The van der Waals surface area contributed by atoms with Gasteiger partial charge >= 0.3 is 0 Å². The van der Waals surface area contributed by atoms with Gasteiger partial charge in [-0.3, -0.25) is 5.10 Å². The van der Waals surface area contributed by atoms with Crippen LogP contribution in [0.4, 0.5) is 0 Å². The predicted molar refractivity (Wildman–Crippen MR) is 68.9 cm³/mol. The van der Waals surface area contributed by atoms with Crippen molar-refractivity contribution in [3.8, 4) is 0 Å². The Morgan fingerprint density at radius 2 is 2.22 bits per heavy atom. The Labute approximate surface area is 108 Å². The van der Waals surface area contributed by atoms with E-state index in [4.69, 9.17) is 0 Å². The van der Waals surface area contributed by atoms with Crippen LogP contribution in [0.2, 0.25) is 0 Å². The van der Waals surface area contributed by atoms with Crippen molar-refractivity contribution < 1.29 is 8.42 Å². The number of likely N-dealkylation sites (tertiary alicyclic amines) is 1. The van der Waals surface area contributed by atoms with E-state index in [-0.39, 0.29) is 4.90 Å². The highest BCUT2D eigenvalue weighted by Gasteiger charge is 2.25. The molecule has 0 amide bonds. The number of H-pyrrole nitrogens is 1. The van der Waals surface area contributed by atoms with E-state index < -0.39 is 10.0 Å². The number of hydrogen-bond acceptors (Lipinski definition) is 4. The van der Waals surface area contributed by atoms with Crippen molar-refractivity contribution in [3.05, 3.63) is 11.4 Å². The molecule has 2 rings (SSSR count). The summed E-state index contributed by atoms with van der Waals surface area (Å²) >= 11 is 0. The Bertz CT molecular complexity index is 504. The first kappa shape index (κ1) is 13.5. The summed E-state index contributed by atoms with van der Waals surface area (Å²) in [7, 11) is -1.39. The van der Waals surface area contributed by atoms with E-state index in [0.717, 1.165) is 19.5 Å². The third-order valence-corrected chi connectivity index (χ3v) is 5.07. The van der Waals surface area contributed by atoms with Gasteiger partial charge in [-0.05, 0) is 39.8 Å². The summed E-state index contributed by atoms with van der Waals surface area (Å²) in [5, 5.41) is 6.62. The molecule has 1 fully saturated rings. The third-order valence-electron chi connectivity index (χ3n) is 3.38. The van der Waals surface area contributed by atoms with Gasteiger partial charge in [-0.15, -0.1) is 0 Å². The third kappa shape index (κ3) is 2.73. The molecule has 2 heterocycles. The molecule has 0 spiro atoms. The fourth-order valence-corrected chi connectivity index (χ4v) is 3.91. The maximum absolute atomic E-state index is 12.2. The van der Waals surface area contributed by atoms with E-state index in [1.807, 2.05) is 0 Å². The lowest BCUT2D eigenvalue weighted by Crippen LogP contribution is -2.31. The minimum Gasteiger partial charge on any atom is -0.306 e. The average molecular weight is 272 g/mol. The van der Waals surface area contributed by atoms with Crippen LogP contribution in [0.15, 0.2) is 4.90 Å². The minimum absolute atomic E-state index is 0.286. The van der Waals surface area contributed by atoms with Crippen LogP contribution in [-0.4, -0.2) is 50.2 Å². The largest absolute Gasteiger partial charge is 0.306 e. The van der Waals surface area contributed by atoms with Gasteiger partial charge in [0, 0.05) is 13.1 Å². The second-order valence-electron chi connectivity index (χ2n) is 5.03. The van der Waals surface area contributed by atoms with Gasteiger partial charge in [0.05, 0.1) is 11.4 Å². The van der Waals surface area contributed by atoms with Crippen molar-refractivity contribution in [3.63, 3.8) is 0 Å². The van der Waals surface area contributed by atoms with Crippen LogP contribution in [0.3, 0.4) is 0 Å². The average Bonchev–Trinajstić information content (AvgIpc) is 2.83.